The van der Waals surface area contributed by atoms with Crippen LogP contribution in [0.15, 0.2) is 54.9 Å². The number of carbonyl (C=O) groups excluding carboxylic acids is 1. The Hall–Kier alpha value is -3.48. The minimum Gasteiger partial charge on any atom is -0.492 e. The Morgan fingerprint density at radius 2 is 1.89 bits per heavy atom. The van der Waals surface area contributed by atoms with Crippen molar-refractivity contribution < 1.29 is 9.53 Å². The number of para-hydroxylation sites is 2. The molecule has 2 N–H and O–H groups in total. The number of amides is 1. The molecule has 0 spiro atoms. The first-order valence-corrected chi connectivity index (χ1v) is 8.67. The predicted molar refractivity (Wildman–Crippen MR) is 103 cm³/mol. The van der Waals surface area contributed by atoms with Crippen LogP contribution in [-0.2, 0) is 6.54 Å². The third kappa shape index (κ3) is 5.01. The molecule has 1 amide bonds. The van der Waals surface area contributed by atoms with Crippen LogP contribution in [0, 0.1) is 6.92 Å². The van der Waals surface area contributed by atoms with E-state index in [1.54, 1.807) is 25.4 Å². The molecule has 0 aliphatic carbocycles. The number of ether oxygens (including phenoxy) is 1. The van der Waals surface area contributed by atoms with E-state index in [9.17, 15) is 4.79 Å². The maximum absolute atomic E-state index is 12.5. The smallest absolute Gasteiger partial charge is 0.270 e. The van der Waals surface area contributed by atoms with Gasteiger partial charge in [-0.05, 0) is 43.7 Å². The maximum Gasteiger partial charge on any atom is 0.270 e. The Morgan fingerprint density at radius 1 is 1.11 bits per heavy atom. The molecule has 0 saturated carbocycles. The van der Waals surface area contributed by atoms with Gasteiger partial charge in [0.15, 0.2) is 0 Å². The molecule has 138 valence electrons. The largest absolute Gasteiger partial charge is 0.492 e. The van der Waals surface area contributed by atoms with Crippen molar-refractivity contribution in [2.75, 3.05) is 11.9 Å². The van der Waals surface area contributed by atoms with Crippen molar-refractivity contribution in [1.82, 2.24) is 20.3 Å². The Kier molecular flexibility index (Phi) is 5.94. The molecule has 0 aliphatic rings. The topological polar surface area (TPSA) is 89.0 Å². The van der Waals surface area contributed by atoms with Gasteiger partial charge in [-0.15, -0.1) is 0 Å². The lowest BCUT2D eigenvalue weighted by molar-refractivity contribution is 0.0945. The fraction of sp³-hybridized carbons (Fsp3) is 0.200. The number of aryl methyl sites for hydroxylation is 1. The molecule has 0 bridgehead atoms. The summed E-state index contributed by atoms with van der Waals surface area (Å²) in [5.74, 6) is 1.49. The fourth-order valence-corrected chi connectivity index (χ4v) is 2.51. The fourth-order valence-electron chi connectivity index (χ4n) is 2.51. The summed E-state index contributed by atoms with van der Waals surface area (Å²) in [6, 6.07) is 12.9. The summed E-state index contributed by atoms with van der Waals surface area (Å²) in [5, 5.41) is 6.06. The highest BCUT2D eigenvalue weighted by Gasteiger charge is 2.12. The average Bonchev–Trinajstić information content (AvgIpc) is 2.68. The van der Waals surface area contributed by atoms with Crippen molar-refractivity contribution in [3.63, 3.8) is 0 Å². The number of nitrogens with zero attached hydrogens (tertiary/aromatic N) is 3. The van der Waals surface area contributed by atoms with Crippen LogP contribution >= 0.6 is 0 Å². The molecule has 3 aromatic rings. The van der Waals surface area contributed by atoms with Crippen LogP contribution in [0.3, 0.4) is 0 Å². The van der Waals surface area contributed by atoms with E-state index in [1.165, 1.54) is 0 Å². The molecule has 7 heteroatoms. The zero-order valence-corrected chi connectivity index (χ0v) is 15.3. The van der Waals surface area contributed by atoms with E-state index in [1.807, 2.05) is 43.3 Å². The minimum absolute atomic E-state index is 0.265. The molecule has 0 atom stereocenters. The van der Waals surface area contributed by atoms with Gasteiger partial charge in [0, 0.05) is 25.0 Å². The normalized spacial score (nSPS) is 10.3. The molecule has 0 aliphatic heterocycles. The number of nitrogens with one attached hydrogen (secondary N) is 2. The summed E-state index contributed by atoms with van der Waals surface area (Å²) >= 11 is 0. The number of hydrogen-bond donors (Lipinski definition) is 2. The number of anilines is 2. The van der Waals surface area contributed by atoms with Crippen molar-refractivity contribution in [3.8, 4) is 5.75 Å². The van der Waals surface area contributed by atoms with Gasteiger partial charge >= 0.3 is 0 Å². The SMILES string of the molecule is CCOc1ccccc1Nc1cc(C(=O)NCc2ccncc2)nc(C)n1. The molecule has 0 saturated heterocycles. The van der Waals surface area contributed by atoms with E-state index in [-0.39, 0.29) is 5.91 Å². The van der Waals surface area contributed by atoms with E-state index in [0.29, 0.717) is 30.5 Å². The van der Waals surface area contributed by atoms with Crippen LogP contribution in [0.5, 0.6) is 5.75 Å². The molecular weight excluding hydrogens is 342 g/mol. The standard InChI is InChI=1S/C20H21N5O2/c1-3-27-18-7-5-4-6-16(18)25-19-12-17(23-14(2)24-19)20(26)22-13-15-8-10-21-11-9-15/h4-12H,3,13H2,1-2H3,(H,22,26)(H,23,24,25). The lowest BCUT2D eigenvalue weighted by atomic mass is 10.2. The van der Waals surface area contributed by atoms with Gasteiger partial charge in [0.05, 0.1) is 12.3 Å². The Balaban J connectivity index is 1.75. The highest BCUT2D eigenvalue weighted by molar-refractivity contribution is 5.93. The van der Waals surface area contributed by atoms with Crippen molar-refractivity contribution in [3.05, 3.63) is 71.9 Å². The number of hydrogen-bond acceptors (Lipinski definition) is 6. The van der Waals surface area contributed by atoms with Crippen molar-refractivity contribution >= 4 is 17.4 Å². The Bertz CT molecular complexity index is 915. The molecule has 2 aromatic heterocycles. The molecule has 0 fully saturated rings. The van der Waals surface area contributed by atoms with Gasteiger partial charge in [-0.3, -0.25) is 9.78 Å². The highest BCUT2D eigenvalue weighted by atomic mass is 16.5. The van der Waals surface area contributed by atoms with Crippen LogP contribution in [0.2, 0.25) is 0 Å². The minimum atomic E-state index is -0.265. The summed E-state index contributed by atoms with van der Waals surface area (Å²) in [6.07, 6.45) is 3.38. The molecule has 0 unspecified atom stereocenters. The summed E-state index contributed by atoms with van der Waals surface area (Å²) in [6.45, 7) is 4.64. The molecular formula is C20H21N5O2. The number of pyridine rings is 1. The van der Waals surface area contributed by atoms with E-state index in [0.717, 1.165) is 17.0 Å². The zero-order chi connectivity index (χ0) is 19.1. The average molecular weight is 363 g/mol. The predicted octanol–water partition coefficient (Wildman–Crippen LogP) is 3.25. The first-order chi connectivity index (χ1) is 13.2. The molecule has 2 heterocycles. The Labute approximate surface area is 157 Å². The lowest BCUT2D eigenvalue weighted by Crippen LogP contribution is -2.24. The number of benzene rings is 1. The molecule has 7 nitrogen and oxygen atoms in total. The van der Waals surface area contributed by atoms with Gasteiger partial charge in [0.25, 0.3) is 5.91 Å². The maximum atomic E-state index is 12.5. The van der Waals surface area contributed by atoms with E-state index >= 15 is 0 Å². The van der Waals surface area contributed by atoms with Gasteiger partial charge < -0.3 is 15.4 Å². The van der Waals surface area contributed by atoms with Gasteiger partial charge in [-0.2, -0.15) is 0 Å². The first-order valence-electron chi connectivity index (χ1n) is 8.67. The van der Waals surface area contributed by atoms with Crippen molar-refractivity contribution in [2.24, 2.45) is 0 Å². The van der Waals surface area contributed by atoms with Gasteiger partial charge in [-0.25, -0.2) is 9.97 Å². The van der Waals surface area contributed by atoms with Gasteiger partial charge in [0.1, 0.15) is 23.1 Å². The summed E-state index contributed by atoms with van der Waals surface area (Å²) in [5.41, 5.74) is 2.04. The van der Waals surface area contributed by atoms with E-state index in [4.69, 9.17) is 4.74 Å². The van der Waals surface area contributed by atoms with Gasteiger partial charge in [-0.1, -0.05) is 12.1 Å². The van der Waals surface area contributed by atoms with Crippen LogP contribution in [-0.4, -0.2) is 27.5 Å². The number of aromatic nitrogens is 3. The third-order valence-corrected chi connectivity index (χ3v) is 3.72. The summed E-state index contributed by atoms with van der Waals surface area (Å²) in [4.78, 5) is 25.0. The second-order valence-corrected chi connectivity index (χ2v) is 5.78. The highest BCUT2D eigenvalue weighted by Crippen LogP contribution is 2.26. The zero-order valence-electron chi connectivity index (χ0n) is 15.3. The molecule has 1 aromatic carbocycles. The van der Waals surface area contributed by atoms with Crippen molar-refractivity contribution in [1.29, 1.82) is 0 Å². The molecule has 27 heavy (non-hydrogen) atoms. The molecule has 0 radical (unpaired) electrons. The quantitative estimate of drug-likeness (QED) is 0.670. The van der Waals surface area contributed by atoms with Crippen LogP contribution < -0.4 is 15.4 Å². The third-order valence-electron chi connectivity index (χ3n) is 3.72. The monoisotopic (exact) mass is 363 g/mol. The Morgan fingerprint density at radius 3 is 2.67 bits per heavy atom. The lowest BCUT2D eigenvalue weighted by Gasteiger charge is -2.13. The number of rotatable bonds is 7. The second kappa shape index (κ2) is 8.75. The second-order valence-electron chi connectivity index (χ2n) is 5.78. The summed E-state index contributed by atoms with van der Waals surface area (Å²) < 4.78 is 5.61. The van der Waals surface area contributed by atoms with Crippen molar-refractivity contribution in [2.45, 2.75) is 20.4 Å². The van der Waals surface area contributed by atoms with E-state index in [2.05, 4.69) is 25.6 Å². The van der Waals surface area contributed by atoms with Crippen LogP contribution in [0.1, 0.15) is 28.8 Å². The van der Waals surface area contributed by atoms with Crippen LogP contribution in [0.4, 0.5) is 11.5 Å². The summed E-state index contributed by atoms with van der Waals surface area (Å²) in [7, 11) is 0. The van der Waals surface area contributed by atoms with Gasteiger partial charge in [0.2, 0.25) is 0 Å². The first kappa shape index (κ1) is 18.3. The van der Waals surface area contributed by atoms with E-state index < -0.39 is 0 Å². The molecule has 3 rings (SSSR count). The number of carbonyl (C=O) groups is 1. The van der Waals surface area contributed by atoms with Crippen LogP contribution in [0.25, 0.3) is 0 Å².